The number of carbonyl (C=O) groups excluding carboxylic acids is 1. The molecule has 89 heavy (non-hydrogen) atoms. The van der Waals surface area contributed by atoms with Crippen molar-refractivity contribution < 1.29 is 32.9 Å². The number of quaternary nitrogens is 1. The number of hydrogen-bond donors (Lipinski definition) is 3. The van der Waals surface area contributed by atoms with E-state index in [1.54, 1.807) is 6.08 Å². The summed E-state index contributed by atoms with van der Waals surface area (Å²) in [6.07, 6.45) is 98.4. The maximum atomic E-state index is 13.1. The molecule has 9 heteroatoms. The van der Waals surface area contributed by atoms with E-state index in [2.05, 4.69) is 67.8 Å². The number of nitrogens with zero attached hydrogens (tertiary/aromatic N) is 1. The van der Waals surface area contributed by atoms with Gasteiger partial charge in [-0.15, -0.1) is 0 Å². The highest BCUT2D eigenvalue weighted by molar-refractivity contribution is 7.47. The molecule has 8 nitrogen and oxygen atoms in total. The van der Waals surface area contributed by atoms with Crippen LogP contribution in [0, 0.1) is 0 Å². The van der Waals surface area contributed by atoms with E-state index in [-0.39, 0.29) is 19.1 Å². The second kappa shape index (κ2) is 70.5. The molecule has 0 radical (unpaired) electrons. The van der Waals surface area contributed by atoms with Crippen LogP contribution in [0.2, 0.25) is 0 Å². The molecule has 0 bridgehead atoms. The summed E-state index contributed by atoms with van der Waals surface area (Å²) < 4.78 is 23.9. The number of aliphatic hydroxyl groups is 1. The molecule has 0 saturated carbocycles. The van der Waals surface area contributed by atoms with Crippen molar-refractivity contribution in [2.45, 2.75) is 405 Å². The largest absolute Gasteiger partial charge is 0.472 e. The molecule has 0 aliphatic carbocycles. The highest BCUT2D eigenvalue weighted by Gasteiger charge is 2.28. The molecule has 0 aromatic carbocycles. The van der Waals surface area contributed by atoms with E-state index in [4.69, 9.17) is 9.05 Å². The Kier molecular flexibility index (Phi) is 69.1. The Balaban J connectivity index is 4.00. The van der Waals surface area contributed by atoms with Crippen LogP contribution in [0.25, 0.3) is 0 Å². The average molecular weight is 1270 g/mol. The first kappa shape index (κ1) is 87.2. The number of carbonyl (C=O) groups is 1. The molecular weight excluding hydrogens is 1120 g/mol. The molecule has 0 rings (SSSR count). The maximum absolute atomic E-state index is 13.1. The molecule has 3 unspecified atom stereocenters. The number of allylic oxidation sites excluding steroid dienone is 9. The third-order valence-corrected chi connectivity index (χ3v) is 18.9. The predicted octanol–water partition coefficient (Wildman–Crippen LogP) is 25.5. The van der Waals surface area contributed by atoms with Gasteiger partial charge in [-0.3, -0.25) is 13.8 Å². The van der Waals surface area contributed by atoms with Crippen LogP contribution >= 0.6 is 7.82 Å². The third kappa shape index (κ3) is 73.5. The molecule has 3 atom stereocenters. The number of phosphoric acid groups is 1. The van der Waals surface area contributed by atoms with Gasteiger partial charge in [0.15, 0.2) is 0 Å². The molecule has 0 aliphatic heterocycles. The minimum Gasteiger partial charge on any atom is -0.387 e. The number of phosphoric ester groups is 1. The van der Waals surface area contributed by atoms with Crippen LogP contribution in [0.15, 0.2) is 60.8 Å². The van der Waals surface area contributed by atoms with Crippen LogP contribution in [-0.2, 0) is 18.4 Å². The molecule has 524 valence electrons. The Morgan fingerprint density at radius 3 is 0.978 bits per heavy atom. The summed E-state index contributed by atoms with van der Waals surface area (Å²) >= 11 is 0. The average Bonchev–Trinajstić information content (AvgIpc) is 3.57. The molecule has 0 fully saturated rings. The fraction of sp³-hybridized carbons (Fsp3) is 0.863. The molecule has 0 aromatic rings. The molecule has 0 heterocycles. The molecule has 0 saturated heterocycles. The molecule has 0 aromatic heterocycles. The van der Waals surface area contributed by atoms with Crippen molar-refractivity contribution in [1.29, 1.82) is 0 Å². The summed E-state index contributed by atoms with van der Waals surface area (Å²) in [5.41, 5.74) is 0. The van der Waals surface area contributed by atoms with E-state index in [0.717, 1.165) is 51.4 Å². The van der Waals surface area contributed by atoms with Gasteiger partial charge in [0.2, 0.25) is 5.91 Å². The first-order chi connectivity index (χ1) is 43.5. The number of unbranched alkanes of at least 4 members (excludes halogenated alkanes) is 52. The van der Waals surface area contributed by atoms with Gasteiger partial charge in [-0.1, -0.05) is 376 Å². The van der Waals surface area contributed by atoms with Crippen molar-refractivity contribution in [1.82, 2.24) is 5.32 Å². The van der Waals surface area contributed by atoms with Crippen molar-refractivity contribution in [3.63, 3.8) is 0 Å². The van der Waals surface area contributed by atoms with E-state index >= 15 is 0 Å². The minimum absolute atomic E-state index is 0.0570. The number of amides is 1. The minimum atomic E-state index is -4.37. The van der Waals surface area contributed by atoms with Crippen LogP contribution < -0.4 is 5.32 Å². The smallest absolute Gasteiger partial charge is 0.387 e. The van der Waals surface area contributed by atoms with Crippen molar-refractivity contribution in [3.8, 4) is 0 Å². The Morgan fingerprint density at radius 2 is 0.652 bits per heavy atom. The summed E-state index contributed by atoms with van der Waals surface area (Å²) in [5, 5.41) is 14.0. The number of likely N-dealkylation sites (N-methyl/N-ethyl adjacent to an activating group) is 1. The van der Waals surface area contributed by atoms with Crippen LogP contribution in [0.3, 0.4) is 0 Å². The fourth-order valence-corrected chi connectivity index (χ4v) is 12.6. The second-order valence-electron chi connectivity index (χ2n) is 28.1. The Bertz CT molecular complexity index is 1640. The van der Waals surface area contributed by atoms with Gasteiger partial charge >= 0.3 is 7.82 Å². The van der Waals surface area contributed by atoms with Gasteiger partial charge in [-0.2, -0.15) is 0 Å². The van der Waals surface area contributed by atoms with Crippen LogP contribution in [-0.4, -0.2) is 73.4 Å². The summed E-state index contributed by atoms with van der Waals surface area (Å²) in [4.78, 5) is 23.5. The zero-order chi connectivity index (χ0) is 64.8. The van der Waals surface area contributed by atoms with Gasteiger partial charge in [-0.05, 0) is 70.6 Å². The lowest BCUT2D eigenvalue weighted by atomic mass is 10.0. The maximum Gasteiger partial charge on any atom is 0.472 e. The van der Waals surface area contributed by atoms with Gasteiger partial charge in [0.1, 0.15) is 13.2 Å². The molecule has 0 spiro atoms. The predicted molar refractivity (Wildman–Crippen MR) is 392 cm³/mol. The van der Waals surface area contributed by atoms with Gasteiger partial charge in [0.05, 0.1) is 39.9 Å². The van der Waals surface area contributed by atoms with Gasteiger partial charge in [0.25, 0.3) is 0 Å². The van der Waals surface area contributed by atoms with Crippen molar-refractivity contribution >= 4 is 13.7 Å². The highest BCUT2D eigenvalue weighted by atomic mass is 31.2. The van der Waals surface area contributed by atoms with Crippen molar-refractivity contribution in [2.75, 3.05) is 40.9 Å². The standard InChI is InChI=1S/C80H153N2O6P/c1-6-8-10-12-14-16-18-20-22-24-26-28-30-32-34-36-38-39-40-41-42-43-44-46-48-50-52-54-56-58-60-62-64-66-68-70-72-74-80(84)81-78(77-88-89(85,86)87-76-75-82(3,4)5)79(83)73-71-69-67-65-63-61-59-57-55-53-51-49-47-45-37-35-33-31-29-27-25-23-21-19-17-15-13-11-9-7-2/h18,20,24,26,30,32,63,65,71,73,78-79,83H,6-17,19,21-23,25,27-29,31,33-62,64,66-70,72,74-77H2,1-5H3,(H-,81,84,85,86)/p+1/b20-18-,26-24-,32-30-,65-63+,73-71+. The third-order valence-electron chi connectivity index (χ3n) is 18.0. The number of aliphatic hydroxyl groups excluding tert-OH is 1. The van der Waals surface area contributed by atoms with Gasteiger partial charge in [0, 0.05) is 6.42 Å². The van der Waals surface area contributed by atoms with E-state index in [1.165, 1.54) is 321 Å². The van der Waals surface area contributed by atoms with Gasteiger partial charge in [-0.25, -0.2) is 4.57 Å². The highest BCUT2D eigenvalue weighted by Crippen LogP contribution is 2.43. The summed E-state index contributed by atoms with van der Waals surface area (Å²) in [7, 11) is 1.57. The zero-order valence-electron chi connectivity index (χ0n) is 60.2. The second-order valence-corrected chi connectivity index (χ2v) is 29.5. The molecule has 0 aliphatic rings. The first-order valence-electron chi connectivity index (χ1n) is 39.2. The Labute approximate surface area is 555 Å². The fourth-order valence-electron chi connectivity index (χ4n) is 11.9. The molecule has 1 amide bonds. The normalized spacial score (nSPS) is 13.8. The lowest BCUT2D eigenvalue weighted by molar-refractivity contribution is -0.870. The van der Waals surface area contributed by atoms with Crippen molar-refractivity contribution in [2.24, 2.45) is 0 Å². The quantitative estimate of drug-likeness (QED) is 0.0243. The lowest BCUT2D eigenvalue weighted by Crippen LogP contribution is -2.45. The topological polar surface area (TPSA) is 105 Å². The van der Waals surface area contributed by atoms with Crippen LogP contribution in [0.1, 0.15) is 393 Å². The monoisotopic (exact) mass is 1270 g/mol. The van der Waals surface area contributed by atoms with Crippen molar-refractivity contribution in [3.05, 3.63) is 60.8 Å². The zero-order valence-corrected chi connectivity index (χ0v) is 61.1. The SMILES string of the molecule is CCCCCCC/C=C\C/C=C\C/C=C\CCCCCCCCCCCCCCCCCCCCCCCCC(=O)NC(COP(=O)(O)OCC[N+](C)(C)C)C(O)/C=C/CC/C=C/CCCCCCCCCCCCCCCCCCCCCCCCCC. The Hall–Kier alpha value is -1.80. The van der Waals surface area contributed by atoms with E-state index in [0.29, 0.717) is 17.4 Å². The number of hydrogen-bond acceptors (Lipinski definition) is 5. The molecule has 3 N–H and O–H groups in total. The van der Waals surface area contributed by atoms with E-state index < -0.39 is 20.0 Å². The summed E-state index contributed by atoms with van der Waals surface area (Å²) in [6.45, 7) is 4.84. The number of rotatable bonds is 73. The van der Waals surface area contributed by atoms with Gasteiger partial charge < -0.3 is 19.8 Å². The summed E-state index contributed by atoms with van der Waals surface area (Å²) in [6, 6.07) is -0.866. The Morgan fingerprint density at radius 1 is 0.382 bits per heavy atom. The molecular formula is C80H154N2O6P+. The van der Waals surface area contributed by atoms with Crippen LogP contribution in [0.5, 0.6) is 0 Å². The number of nitrogens with one attached hydrogen (secondary N) is 1. The lowest BCUT2D eigenvalue weighted by Gasteiger charge is -2.25. The van der Waals surface area contributed by atoms with E-state index in [9.17, 15) is 19.4 Å². The van der Waals surface area contributed by atoms with E-state index in [1.807, 2.05) is 27.2 Å². The van der Waals surface area contributed by atoms with Crippen LogP contribution in [0.4, 0.5) is 0 Å². The summed E-state index contributed by atoms with van der Waals surface area (Å²) in [5.74, 6) is -0.180. The first-order valence-corrected chi connectivity index (χ1v) is 40.7.